The number of fused-ring (bicyclic) bond motifs is 1. The maximum atomic E-state index is 12.7. The smallest absolute Gasteiger partial charge is 0.273 e. The molecule has 0 spiro atoms. The number of rotatable bonds is 5. The molecule has 3 heterocycles. The number of carbonyl (C=O) groups is 2. The number of nitrogens with one attached hydrogen (secondary N) is 3. The van der Waals surface area contributed by atoms with Crippen molar-refractivity contribution in [3.8, 4) is 0 Å². The van der Waals surface area contributed by atoms with E-state index in [1.165, 1.54) is 6.92 Å². The highest BCUT2D eigenvalue weighted by Gasteiger charge is 2.22. The van der Waals surface area contributed by atoms with Crippen molar-refractivity contribution in [3.05, 3.63) is 40.8 Å². The molecule has 0 aliphatic rings. The fourth-order valence-corrected chi connectivity index (χ4v) is 2.92. The molecule has 0 atom stereocenters. The van der Waals surface area contributed by atoms with Crippen molar-refractivity contribution in [1.82, 2.24) is 20.2 Å². The number of anilines is 1. The molecule has 0 aromatic carbocycles. The van der Waals surface area contributed by atoms with Crippen molar-refractivity contribution in [2.45, 2.75) is 33.6 Å². The highest BCUT2D eigenvalue weighted by molar-refractivity contribution is 6.07. The molecule has 0 saturated carbocycles. The van der Waals surface area contributed by atoms with Crippen LogP contribution in [0, 0.1) is 6.92 Å². The zero-order valence-electron chi connectivity index (χ0n) is 13.9. The molecule has 3 rings (SSSR count). The Labute approximate surface area is 138 Å². The van der Waals surface area contributed by atoms with Gasteiger partial charge in [-0.2, -0.15) is 5.10 Å². The highest BCUT2D eigenvalue weighted by atomic mass is 16.2. The van der Waals surface area contributed by atoms with Crippen molar-refractivity contribution < 1.29 is 9.59 Å². The van der Waals surface area contributed by atoms with Crippen LogP contribution in [0.15, 0.2) is 18.3 Å². The second kappa shape index (κ2) is 6.27. The first kappa shape index (κ1) is 15.9. The van der Waals surface area contributed by atoms with Crippen molar-refractivity contribution in [2.24, 2.45) is 0 Å². The zero-order chi connectivity index (χ0) is 17.3. The summed E-state index contributed by atoms with van der Waals surface area (Å²) < 4.78 is 0. The quantitative estimate of drug-likeness (QED) is 0.627. The third-order valence-electron chi connectivity index (χ3n) is 3.91. The number of aromatic nitrogens is 4. The second-order valence-corrected chi connectivity index (χ2v) is 5.74. The van der Waals surface area contributed by atoms with Crippen molar-refractivity contribution in [3.63, 3.8) is 0 Å². The van der Waals surface area contributed by atoms with Gasteiger partial charge in [-0.3, -0.25) is 14.7 Å². The van der Waals surface area contributed by atoms with E-state index in [2.05, 4.69) is 25.5 Å². The lowest BCUT2D eigenvalue weighted by Gasteiger charge is -2.06. The van der Waals surface area contributed by atoms with Crippen LogP contribution in [0.25, 0.3) is 11.0 Å². The Balaban J connectivity index is 1.94. The van der Waals surface area contributed by atoms with Gasteiger partial charge in [0.15, 0.2) is 11.4 Å². The number of hydrogen-bond donors (Lipinski definition) is 3. The molecule has 0 aliphatic carbocycles. The van der Waals surface area contributed by atoms with Gasteiger partial charge in [0, 0.05) is 16.6 Å². The number of nitrogens with zero attached hydrogens (tertiary/aromatic N) is 2. The topological polar surface area (TPSA) is 104 Å². The van der Waals surface area contributed by atoms with Crippen LogP contribution < -0.4 is 5.32 Å². The molecule has 1 amide bonds. The summed E-state index contributed by atoms with van der Waals surface area (Å²) in [4.78, 5) is 31.9. The summed E-state index contributed by atoms with van der Waals surface area (Å²) in [5.74, 6) is 0.0829. The van der Waals surface area contributed by atoms with Gasteiger partial charge in [0.05, 0.1) is 6.20 Å². The van der Waals surface area contributed by atoms with E-state index >= 15 is 0 Å². The Morgan fingerprint density at radius 2 is 2.08 bits per heavy atom. The molecule has 24 heavy (non-hydrogen) atoms. The Morgan fingerprint density at radius 1 is 1.29 bits per heavy atom. The minimum absolute atomic E-state index is 0.0387. The Hall–Kier alpha value is -2.96. The zero-order valence-corrected chi connectivity index (χ0v) is 13.9. The molecule has 0 saturated heterocycles. The van der Waals surface area contributed by atoms with Crippen molar-refractivity contribution in [1.29, 1.82) is 0 Å². The Bertz CT molecular complexity index is 922. The van der Waals surface area contributed by atoms with Crippen LogP contribution in [-0.4, -0.2) is 31.9 Å². The van der Waals surface area contributed by atoms with Gasteiger partial charge in [-0.1, -0.05) is 13.3 Å². The minimum Gasteiger partial charge on any atom is -0.354 e. The molecule has 3 N–H and O–H groups in total. The van der Waals surface area contributed by atoms with Crippen LogP contribution in [0.1, 0.15) is 52.4 Å². The lowest BCUT2D eigenvalue weighted by atomic mass is 10.0. The van der Waals surface area contributed by atoms with E-state index in [4.69, 9.17) is 0 Å². The molecule has 7 nitrogen and oxygen atoms in total. The minimum atomic E-state index is -0.305. The molecule has 0 bridgehead atoms. The summed E-state index contributed by atoms with van der Waals surface area (Å²) in [6.45, 7) is 5.34. The van der Waals surface area contributed by atoms with Gasteiger partial charge in [0.1, 0.15) is 11.5 Å². The second-order valence-electron chi connectivity index (χ2n) is 5.74. The van der Waals surface area contributed by atoms with Crippen molar-refractivity contribution >= 4 is 28.5 Å². The normalized spacial score (nSPS) is 11.0. The van der Waals surface area contributed by atoms with E-state index in [-0.39, 0.29) is 11.7 Å². The summed E-state index contributed by atoms with van der Waals surface area (Å²) >= 11 is 0. The number of hydrogen-bond acceptors (Lipinski definition) is 4. The van der Waals surface area contributed by atoms with E-state index in [0.717, 1.165) is 17.4 Å². The van der Waals surface area contributed by atoms with Crippen LogP contribution in [-0.2, 0) is 6.42 Å². The van der Waals surface area contributed by atoms with Crippen LogP contribution in [0.2, 0.25) is 0 Å². The maximum absolute atomic E-state index is 12.7. The first-order valence-corrected chi connectivity index (χ1v) is 7.85. The highest BCUT2D eigenvalue weighted by Crippen LogP contribution is 2.22. The van der Waals surface area contributed by atoms with E-state index in [1.54, 1.807) is 12.3 Å². The third-order valence-corrected chi connectivity index (χ3v) is 3.91. The average Bonchev–Trinajstić information content (AvgIpc) is 3.11. The van der Waals surface area contributed by atoms with Crippen LogP contribution in [0.4, 0.5) is 5.82 Å². The Kier molecular flexibility index (Phi) is 4.16. The number of H-pyrrole nitrogens is 2. The number of pyridine rings is 1. The van der Waals surface area contributed by atoms with E-state index < -0.39 is 0 Å². The average molecular weight is 325 g/mol. The molecular weight excluding hydrogens is 306 g/mol. The summed E-state index contributed by atoms with van der Waals surface area (Å²) in [5.41, 5.74) is 3.12. The predicted molar refractivity (Wildman–Crippen MR) is 91.4 cm³/mol. The summed E-state index contributed by atoms with van der Waals surface area (Å²) in [6.07, 6.45) is 3.17. The lowest BCUT2D eigenvalue weighted by molar-refractivity contribution is 0.101. The number of amides is 1. The van der Waals surface area contributed by atoms with Gasteiger partial charge in [-0.25, -0.2) is 4.98 Å². The standard InChI is InChI=1S/C17H19N5O2/c1-4-5-12-14(10(3)23)9(2)19-15(12)17(24)21-13-7-6-11-8-18-22-16(11)20-13/h6-8,19H,4-5H2,1-3H3,(H2,18,20,21,22,24). The largest absolute Gasteiger partial charge is 0.354 e. The van der Waals surface area contributed by atoms with Crippen LogP contribution in [0.3, 0.4) is 0 Å². The molecule has 0 unspecified atom stereocenters. The SMILES string of the molecule is CCCc1c(C(=O)Nc2ccc3cn[nH]c3n2)[nH]c(C)c1C(C)=O. The predicted octanol–water partition coefficient (Wildman–Crippen LogP) is 3.00. The fraction of sp³-hybridized carbons (Fsp3) is 0.294. The van der Waals surface area contributed by atoms with Gasteiger partial charge in [-0.05, 0) is 38.0 Å². The molecule has 0 radical (unpaired) electrons. The molecular formula is C17H19N5O2. The molecule has 124 valence electrons. The van der Waals surface area contributed by atoms with E-state index in [9.17, 15) is 9.59 Å². The number of aromatic amines is 2. The van der Waals surface area contributed by atoms with Crippen molar-refractivity contribution in [2.75, 3.05) is 5.32 Å². The summed E-state index contributed by atoms with van der Waals surface area (Å²) in [7, 11) is 0. The monoisotopic (exact) mass is 325 g/mol. The summed E-state index contributed by atoms with van der Waals surface area (Å²) in [6, 6.07) is 3.55. The lowest BCUT2D eigenvalue weighted by Crippen LogP contribution is -2.15. The third kappa shape index (κ3) is 2.80. The summed E-state index contributed by atoms with van der Waals surface area (Å²) in [5, 5.41) is 10.3. The molecule has 3 aromatic heterocycles. The molecule has 0 fully saturated rings. The first-order valence-electron chi connectivity index (χ1n) is 7.85. The van der Waals surface area contributed by atoms with Gasteiger partial charge >= 0.3 is 0 Å². The fourth-order valence-electron chi connectivity index (χ4n) is 2.92. The Morgan fingerprint density at radius 3 is 2.79 bits per heavy atom. The maximum Gasteiger partial charge on any atom is 0.273 e. The van der Waals surface area contributed by atoms with Gasteiger partial charge in [0.2, 0.25) is 0 Å². The number of Topliss-reactive ketones (excluding diaryl/α,β-unsaturated/α-hetero) is 1. The molecule has 0 aliphatic heterocycles. The number of ketones is 1. The first-order chi connectivity index (χ1) is 11.5. The van der Waals surface area contributed by atoms with E-state index in [0.29, 0.717) is 34.8 Å². The van der Waals surface area contributed by atoms with Crippen LogP contribution >= 0.6 is 0 Å². The molecule has 3 aromatic rings. The molecule has 7 heteroatoms. The van der Waals surface area contributed by atoms with Gasteiger partial charge < -0.3 is 10.3 Å². The number of carbonyl (C=O) groups excluding carboxylic acids is 2. The van der Waals surface area contributed by atoms with E-state index in [1.807, 2.05) is 19.9 Å². The van der Waals surface area contributed by atoms with Gasteiger partial charge in [0.25, 0.3) is 5.91 Å². The van der Waals surface area contributed by atoms with Crippen LogP contribution in [0.5, 0.6) is 0 Å². The van der Waals surface area contributed by atoms with Gasteiger partial charge in [-0.15, -0.1) is 0 Å². The number of aryl methyl sites for hydroxylation is 1.